The minimum absolute atomic E-state index is 0.220. The lowest BCUT2D eigenvalue weighted by molar-refractivity contribution is 0.211. The Morgan fingerprint density at radius 2 is 2.47 bits per heavy atom. The molecule has 1 aliphatic heterocycles. The molecule has 7 heteroatoms. The monoisotopic (exact) mass is 284 g/mol. The SMILES string of the molecule is CCCn1ncnc1CC(NN)C1CSCCN1C. The number of aromatic nitrogens is 3. The van der Waals surface area contributed by atoms with Crippen molar-refractivity contribution in [2.24, 2.45) is 5.84 Å². The topological polar surface area (TPSA) is 72.0 Å². The Morgan fingerprint density at radius 1 is 1.63 bits per heavy atom. The van der Waals surface area contributed by atoms with Gasteiger partial charge in [-0.2, -0.15) is 16.9 Å². The van der Waals surface area contributed by atoms with E-state index >= 15 is 0 Å². The number of hydrogen-bond donors (Lipinski definition) is 2. The number of hydrogen-bond acceptors (Lipinski definition) is 6. The Kier molecular flexibility index (Phi) is 5.62. The molecular weight excluding hydrogens is 260 g/mol. The van der Waals surface area contributed by atoms with Crippen LogP contribution in [0.15, 0.2) is 6.33 Å². The summed E-state index contributed by atoms with van der Waals surface area (Å²) in [6, 6.07) is 0.674. The average molecular weight is 284 g/mol. The minimum Gasteiger partial charge on any atom is -0.300 e. The standard InChI is InChI=1S/C12H24N6S/c1-3-4-18-12(14-9-15-18)7-10(16-13)11-8-19-6-5-17(11)2/h9-11,16H,3-8,13H2,1-2H3. The summed E-state index contributed by atoms with van der Waals surface area (Å²) in [5.41, 5.74) is 2.97. The van der Waals surface area contributed by atoms with Crippen molar-refractivity contribution in [3.63, 3.8) is 0 Å². The van der Waals surface area contributed by atoms with Gasteiger partial charge in [0.1, 0.15) is 12.2 Å². The molecule has 0 radical (unpaired) electrons. The number of nitrogens with two attached hydrogens (primary N) is 1. The smallest absolute Gasteiger partial charge is 0.138 e. The van der Waals surface area contributed by atoms with Gasteiger partial charge in [0.15, 0.2) is 0 Å². The van der Waals surface area contributed by atoms with Crippen LogP contribution in [0.3, 0.4) is 0 Å². The van der Waals surface area contributed by atoms with Gasteiger partial charge < -0.3 is 4.90 Å². The summed E-state index contributed by atoms with van der Waals surface area (Å²) in [6.07, 6.45) is 3.53. The highest BCUT2D eigenvalue weighted by Gasteiger charge is 2.28. The first-order valence-corrected chi connectivity index (χ1v) is 8.02. The van der Waals surface area contributed by atoms with Crippen LogP contribution in [0.25, 0.3) is 0 Å². The second-order valence-electron chi connectivity index (χ2n) is 5.00. The molecule has 0 bridgehead atoms. The molecule has 2 unspecified atom stereocenters. The van der Waals surface area contributed by atoms with Gasteiger partial charge in [-0.15, -0.1) is 0 Å². The second-order valence-corrected chi connectivity index (χ2v) is 6.15. The number of rotatable bonds is 6. The number of thioether (sulfide) groups is 1. The first kappa shape index (κ1) is 14.8. The van der Waals surface area contributed by atoms with Crippen LogP contribution in [0, 0.1) is 0 Å². The van der Waals surface area contributed by atoms with Crippen molar-refractivity contribution in [1.29, 1.82) is 0 Å². The summed E-state index contributed by atoms with van der Waals surface area (Å²) in [6.45, 7) is 4.19. The molecule has 108 valence electrons. The molecule has 1 aromatic heterocycles. The molecule has 1 aromatic rings. The van der Waals surface area contributed by atoms with Crippen molar-refractivity contribution >= 4 is 11.8 Å². The van der Waals surface area contributed by atoms with Crippen LogP contribution in [-0.2, 0) is 13.0 Å². The fourth-order valence-electron chi connectivity index (χ4n) is 2.48. The molecule has 2 rings (SSSR count). The molecule has 0 amide bonds. The lowest BCUT2D eigenvalue weighted by Crippen LogP contribution is -2.55. The molecule has 0 spiro atoms. The molecule has 0 saturated carbocycles. The van der Waals surface area contributed by atoms with Crippen LogP contribution in [0.2, 0.25) is 0 Å². The first-order chi connectivity index (χ1) is 9.26. The van der Waals surface area contributed by atoms with E-state index in [2.05, 4.69) is 34.4 Å². The first-order valence-electron chi connectivity index (χ1n) is 6.87. The van der Waals surface area contributed by atoms with E-state index in [0.717, 1.165) is 37.5 Å². The maximum atomic E-state index is 5.76. The van der Waals surface area contributed by atoms with Gasteiger partial charge >= 0.3 is 0 Å². The number of aryl methyl sites for hydroxylation is 1. The third-order valence-corrected chi connectivity index (χ3v) is 4.70. The summed E-state index contributed by atoms with van der Waals surface area (Å²) in [5.74, 6) is 9.11. The molecule has 19 heavy (non-hydrogen) atoms. The number of nitrogens with one attached hydrogen (secondary N) is 1. The van der Waals surface area contributed by atoms with Gasteiger partial charge in [0.25, 0.3) is 0 Å². The van der Waals surface area contributed by atoms with Gasteiger partial charge in [-0.25, -0.2) is 4.98 Å². The highest BCUT2D eigenvalue weighted by molar-refractivity contribution is 7.99. The molecule has 1 aliphatic rings. The van der Waals surface area contributed by atoms with E-state index in [-0.39, 0.29) is 6.04 Å². The number of likely N-dealkylation sites (N-methyl/N-ethyl adjacent to an activating group) is 1. The molecule has 1 fully saturated rings. The Morgan fingerprint density at radius 3 is 3.16 bits per heavy atom. The molecule has 3 N–H and O–H groups in total. The van der Waals surface area contributed by atoms with E-state index in [1.807, 2.05) is 16.4 Å². The normalized spacial score (nSPS) is 22.6. The molecular formula is C12H24N6S. The predicted octanol–water partition coefficient (Wildman–Crippen LogP) is 0.110. The van der Waals surface area contributed by atoms with Crippen molar-refractivity contribution in [2.75, 3.05) is 25.1 Å². The van der Waals surface area contributed by atoms with Crippen molar-refractivity contribution in [2.45, 2.75) is 38.4 Å². The summed E-state index contributed by atoms with van der Waals surface area (Å²) >= 11 is 2.00. The third-order valence-electron chi connectivity index (χ3n) is 3.66. The minimum atomic E-state index is 0.220. The highest BCUT2D eigenvalue weighted by Crippen LogP contribution is 2.19. The van der Waals surface area contributed by atoms with Crippen LogP contribution in [0.4, 0.5) is 0 Å². The van der Waals surface area contributed by atoms with Crippen molar-refractivity contribution in [3.05, 3.63) is 12.2 Å². The predicted molar refractivity (Wildman–Crippen MR) is 78.9 cm³/mol. The number of nitrogens with zero attached hydrogens (tertiary/aromatic N) is 4. The van der Waals surface area contributed by atoms with Gasteiger partial charge in [-0.05, 0) is 13.5 Å². The quantitative estimate of drug-likeness (QED) is 0.571. The zero-order chi connectivity index (χ0) is 13.7. The van der Waals surface area contributed by atoms with Crippen LogP contribution < -0.4 is 11.3 Å². The van der Waals surface area contributed by atoms with Crippen molar-refractivity contribution < 1.29 is 0 Å². The van der Waals surface area contributed by atoms with E-state index in [1.54, 1.807) is 6.33 Å². The third kappa shape index (κ3) is 3.68. The number of hydrazine groups is 1. The summed E-state index contributed by atoms with van der Waals surface area (Å²) < 4.78 is 1.99. The maximum absolute atomic E-state index is 5.76. The summed E-state index contributed by atoms with van der Waals surface area (Å²) in [5, 5.41) is 4.28. The van der Waals surface area contributed by atoms with E-state index < -0.39 is 0 Å². The van der Waals surface area contributed by atoms with Gasteiger partial charge in [-0.3, -0.25) is 16.0 Å². The highest BCUT2D eigenvalue weighted by atomic mass is 32.2. The van der Waals surface area contributed by atoms with Crippen LogP contribution in [0.5, 0.6) is 0 Å². The zero-order valence-electron chi connectivity index (χ0n) is 11.7. The van der Waals surface area contributed by atoms with Crippen LogP contribution in [-0.4, -0.2) is 56.8 Å². The largest absolute Gasteiger partial charge is 0.300 e. The Bertz CT molecular complexity index is 382. The van der Waals surface area contributed by atoms with Crippen molar-refractivity contribution in [3.8, 4) is 0 Å². The van der Waals surface area contributed by atoms with Gasteiger partial charge in [0.2, 0.25) is 0 Å². The molecule has 0 aromatic carbocycles. The Hall–Kier alpha value is -0.630. The summed E-state index contributed by atoms with van der Waals surface area (Å²) in [4.78, 5) is 6.76. The lowest BCUT2D eigenvalue weighted by atomic mass is 10.1. The van der Waals surface area contributed by atoms with E-state index in [1.165, 1.54) is 5.75 Å². The summed E-state index contributed by atoms with van der Waals surface area (Å²) in [7, 11) is 2.17. The molecule has 6 nitrogen and oxygen atoms in total. The van der Waals surface area contributed by atoms with Gasteiger partial charge in [-0.1, -0.05) is 6.92 Å². The van der Waals surface area contributed by atoms with E-state index in [9.17, 15) is 0 Å². The van der Waals surface area contributed by atoms with Crippen LogP contribution >= 0.6 is 11.8 Å². The maximum Gasteiger partial charge on any atom is 0.138 e. The lowest BCUT2D eigenvalue weighted by Gasteiger charge is -2.37. The molecule has 1 saturated heterocycles. The van der Waals surface area contributed by atoms with E-state index in [4.69, 9.17) is 5.84 Å². The Balaban J connectivity index is 2.03. The van der Waals surface area contributed by atoms with Crippen molar-refractivity contribution in [1.82, 2.24) is 25.1 Å². The zero-order valence-corrected chi connectivity index (χ0v) is 12.6. The van der Waals surface area contributed by atoms with Gasteiger partial charge in [0.05, 0.1) is 0 Å². The Labute approximate surface area is 119 Å². The molecule has 0 aliphatic carbocycles. The average Bonchev–Trinajstić information content (AvgIpc) is 2.85. The van der Waals surface area contributed by atoms with Crippen LogP contribution in [0.1, 0.15) is 19.2 Å². The second kappa shape index (κ2) is 7.23. The molecule has 2 heterocycles. The fourth-order valence-corrected chi connectivity index (χ4v) is 3.79. The van der Waals surface area contributed by atoms with E-state index in [0.29, 0.717) is 6.04 Å². The van der Waals surface area contributed by atoms with Gasteiger partial charge in [0, 0.05) is 43.1 Å². The molecule has 2 atom stereocenters. The fraction of sp³-hybridized carbons (Fsp3) is 0.833.